The van der Waals surface area contributed by atoms with Crippen molar-refractivity contribution in [1.82, 2.24) is 4.98 Å². The van der Waals surface area contributed by atoms with Crippen molar-refractivity contribution in [2.24, 2.45) is 0 Å². The average molecular weight is 382 g/mol. The summed E-state index contributed by atoms with van der Waals surface area (Å²) < 4.78 is 0. The molecular weight excluding hydrogens is 364 g/mol. The second-order valence-corrected chi connectivity index (χ2v) is 7.99. The van der Waals surface area contributed by atoms with Gasteiger partial charge in [0.2, 0.25) is 0 Å². The van der Waals surface area contributed by atoms with Gasteiger partial charge in [0, 0.05) is 27.4 Å². The molecule has 7 rings (SSSR count). The predicted octanol–water partition coefficient (Wildman–Crippen LogP) is 7.96. The topological polar surface area (TPSA) is 27.8 Å². The summed E-state index contributed by atoms with van der Waals surface area (Å²) in [5.74, 6) is 0. The molecule has 2 nitrogen and oxygen atoms in total. The first kappa shape index (κ1) is 15.8. The lowest BCUT2D eigenvalue weighted by Crippen LogP contribution is -1.94. The summed E-state index contributed by atoms with van der Waals surface area (Å²) >= 11 is 0. The normalized spacial score (nSPS) is 12.0. The number of para-hydroxylation sites is 2. The van der Waals surface area contributed by atoms with Crippen LogP contribution < -0.4 is 5.32 Å². The number of anilines is 2. The Bertz CT molecular complexity index is 1710. The van der Waals surface area contributed by atoms with Gasteiger partial charge in [-0.1, -0.05) is 78.9 Å². The molecule has 0 radical (unpaired) electrons. The zero-order valence-electron chi connectivity index (χ0n) is 16.2. The van der Waals surface area contributed by atoms with E-state index in [1.165, 1.54) is 43.1 Å². The van der Waals surface area contributed by atoms with Gasteiger partial charge in [0.1, 0.15) is 0 Å². The molecule has 0 atom stereocenters. The summed E-state index contributed by atoms with van der Waals surface area (Å²) in [7, 11) is 0. The lowest BCUT2D eigenvalue weighted by Gasteiger charge is -2.15. The third-order valence-electron chi connectivity index (χ3n) is 6.34. The molecule has 0 aliphatic rings. The number of hydrogen-bond acceptors (Lipinski definition) is 1. The quantitative estimate of drug-likeness (QED) is 0.292. The van der Waals surface area contributed by atoms with Crippen LogP contribution in [0, 0.1) is 0 Å². The Morgan fingerprint density at radius 2 is 1.17 bits per heavy atom. The number of hydrogen-bond donors (Lipinski definition) is 2. The van der Waals surface area contributed by atoms with Crippen LogP contribution in [0.4, 0.5) is 11.4 Å². The number of fused-ring (bicyclic) bond motifs is 3. The largest absolute Gasteiger partial charge is 0.353 e. The number of H-pyrrole nitrogens is 1. The third-order valence-corrected chi connectivity index (χ3v) is 6.34. The standard InChI is InChI=1S/C28H18N2/c1-2-9-23-20(7-1)21-8-4-10-25(28(21)30-23)29-24-16-14-19-12-11-17-5-3-6-18-13-15-22(24)27(19)26(17)18/h1-16,29-30H. The Morgan fingerprint density at radius 1 is 0.467 bits per heavy atom. The van der Waals surface area contributed by atoms with Gasteiger partial charge in [-0.05, 0) is 45.1 Å². The molecule has 30 heavy (non-hydrogen) atoms. The number of aromatic amines is 1. The molecule has 0 aliphatic heterocycles. The second-order valence-electron chi connectivity index (χ2n) is 7.99. The molecule has 1 aromatic heterocycles. The summed E-state index contributed by atoms with van der Waals surface area (Å²) in [6.07, 6.45) is 0. The molecule has 7 aromatic rings. The number of nitrogens with one attached hydrogen (secondary N) is 2. The van der Waals surface area contributed by atoms with Gasteiger partial charge in [0.05, 0.1) is 11.2 Å². The molecule has 0 saturated carbocycles. The fraction of sp³-hybridized carbons (Fsp3) is 0. The maximum absolute atomic E-state index is 3.73. The van der Waals surface area contributed by atoms with Crippen LogP contribution in [-0.4, -0.2) is 4.98 Å². The summed E-state index contributed by atoms with van der Waals surface area (Å²) in [5, 5.41) is 14.0. The highest BCUT2D eigenvalue weighted by molar-refractivity contribution is 6.25. The van der Waals surface area contributed by atoms with E-state index >= 15 is 0 Å². The van der Waals surface area contributed by atoms with Crippen LogP contribution in [0.2, 0.25) is 0 Å². The van der Waals surface area contributed by atoms with Crippen molar-refractivity contribution in [3.8, 4) is 0 Å². The van der Waals surface area contributed by atoms with Crippen LogP contribution in [0.15, 0.2) is 97.1 Å². The average Bonchev–Trinajstić information content (AvgIpc) is 3.18. The lowest BCUT2D eigenvalue weighted by atomic mass is 9.93. The second kappa shape index (κ2) is 5.74. The van der Waals surface area contributed by atoms with E-state index in [1.807, 2.05) is 0 Å². The minimum atomic E-state index is 1.10. The molecule has 0 amide bonds. The van der Waals surface area contributed by atoms with Gasteiger partial charge in [-0.15, -0.1) is 0 Å². The van der Waals surface area contributed by atoms with Gasteiger partial charge >= 0.3 is 0 Å². The summed E-state index contributed by atoms with van der Waals surface area (Å²) in [4.78, 5) is 3.60. The highest BCUT2D eigenvalue weighted by Gasteiger charge is 2.13. The zero-order chi connectivity index (χ0) is 19.7. The van der Waals surface area contributed by atoms with E-state index < -0.39 is 0 Å². The van der Waals surface area contributed by atoms with E-state index in [2.05, 4.69) is 107 Å². The minimum Gasteiger partial charge on any atom is -0.353 e. The first-order valence-corrected chi connectivity index (χ1v) is 10.3. The Kier molecular flexibility index (Phi) is 3.03. The molecule has 0 bridgehead atoms. The van der Waals surface area contributed by atoms with Gasteiger partial charge in [0.25, 0.3) is 0 Å². The Labute approximate surface area is 173 Å². The van der Waals surface area contributed by atoms with Crippen LogP contribution in [-0.2, 0) is 0 Å². The first-order chi connectivity index (χ1) is 14.9. The van der Waals surface area contributed by atoms with E-state index in [0.717, 1.165) is 22.4 Å². The highest BCUT2D eigenvalue weighted by atomic mass is 14.9. The van der Waals surface area contributed by atoms with Crippen LogP contribution in [0.25, 0.3) is 54.1 Å². The van der Waals surface area contributed by atoms with Gasteiger partial charge < -0.3 is 10.3 Å². The predicted molar refractivity (Wildman–Crippen MR) is 129 cm³/mol. The molecule has 0 saturated heterocycles. The molecule has 0 fully saturated rings. The molecule has 1 heterocycles. The van der Waals surface area contributed by atoms with Crippen LogP contribution in [0.5, 0.6) is 0 Å². The monoisotopic (exact) mass is 382 g/mol. The lowest BCUT2D eigenvalue weighted by molar-refractivity contribution is 1.52. The Balaban J connectivity index is 1.49. The van der Waals surface area contributed by atoms with Crippen molar-refractivity contribution < 1.29 is 0 Å². The van der Waals surface area contributed by atoms with Crippen LogP contribution in [0.1, 0.15) is 0 Å². The van der Waals surface area contributed by atoms with E-state index in [1.54, 1.807) is 0 Å². The highest BCUT2D eigenvalue weighted by Crippen LogP contribution is 2.39. The Hall–Kier alpha value is -4.04. The van der Waals surface area contributed by atoms with Gasteiger partial charge in [0.15, 0.2) is 0 Å². The summed E-state index contributed by atoms with van der Waals surface area (Å²) in [6, 6.07) is 34.8. The molecule has 2 N–H and O–H groups in total. The van der Waals surface area contributed by atoms with E-state index in [-0.39, 0.29) is 0 Å². The molecular formula is C28H18N2. The zero-order valence-corrected chi connectivity index (χ0v) is 16.2. The Morgan fingerprint density at radius 3 is 2.07 bits per heavy atom. The van der Waals surface area contributed by atoms with Crippen molar-refractivity contribution in [3.05, 3.63) is 97.1 Å². The number of rotatable bonds is 2. The van der Waals surface area contributed by atoms with Crippen LogP contribution >= 0.6 is 0 Å². The number of aromatic nitrogens is 1. The van der Waals surface area contributed by atoms with Crippen molar-refractivity contribution in [1.29, 1.82) is 0 Å². The number of benzene rings is 6. The molecule has 140 valence electrons. The van der Waals surface area contributed by atoms with Gasteiger partial charge in [-0.2, -0.15) is 0 Å². The SMILES string of the molecule is c1cc2ccc3ccc(Nc4cccc5c4[nH]c4ccccc45)c4ccc(c1)c2c34. The van der Waals surface area contributed by atoms with Crippen molar-refractivity contribution in [2.75, 3.05) is 5.32 Å². The molecule has 0 aliphatic carbocycles. The fourth-order valence-electron chi connectivity index (χ4n) is 4.97. The summed E-state index contributed by atoms with van der Waals surface area (Å²) in [5.41, 5.74) is 4.53. The maximum Gasteiger partial charge on any atom is 0.0704 e. The van der Waals surface area contributed by atoms with Crippen molar-refractivity contribution in [3.63, 3.8) is 0 Å². The first-order valence-electron chi connectivity index (χ1n) is 10.3. The van der Waals surface area contributed by atoms with Crippen molar-refractivity contribution >= 4 is 65.5 Å². The third kappa shape index (κ3) is 2.08. The van der Waals surface area contributed by atoms with Crippen molar-refractivity contribution in [2.45, 2.75) is 0 Å². The van der Waals surface area contributed by atoms with Crippen LogP contribution in [0.3, 0.4) is 0 Å². The summed E-state index contributed by atoms with van der Waals surface area (Å²) in [6.45, 7) is 0. The minimum absolute atomic E-state index is 1.10. The fourth-order valence-corrected chi connectivity index (χ4v) is 4.97. The van der Waals surface area contributed by atoms with E-state index in [9.17, 15) is 0 Å². The molecule has 6 aromatic carbocycles. The smallest absolute Gasteiger partial charge is 0.0704 e. The van der Waals surface area contributed by atoms with Gasteiger partial charge in [-0.25, -0.2) is 0 Å². The van der Waals surface area contributed by atoms with E-state index in [0.29, 0.717) is 0 Å². The van der Waals surface area contributed by atoms with E-state index in [4.69, 9.17) is 0 Å². The van der Waals surface area contributed by atoms with Gasteiger partial charge in [-0.3, -0.25) is 0 Å². The maximum atomic E-state index is 3.73. The molecule has 0 unspecified atom stereocenters. The molecule has 2 heteroatoms. The molecule has 0 spiro atoms.